The van der Waals surface area contributed by atoms with Crippen molar-refractivity contribution >= 4 is 43.5 Å². The average Bonchev–Trinajstić information content (AvgIpc) is 2.88. The molecule has 1 N–H and O–H groups in total. The summed E-state index contributed by atoms with van der Waals surface area (Å²) in [5, 5.41) is 3.03. The number of hydrogen-bond donors (Lipinski definition) is 1. The van der Waals surface area contributed by atoms with E-state index < -0.39 is 34.1 Å². The molecular weight excluding hydrogens is 602 g/mol. The third-order valence-corrected chi connectivity index (χ3v) is 8.17. The molecule has 0 heterocycles. The Morgan fingerprint density at radius 1 is 0.902 bits per heavy atom. The number of nitrogens with one attached hydrogen (secondary N) is 1. The Bertz CT molecular complexity index is 1440. The highest BCUT2D eigenvalue weighted by Crippen LogP contribution is 2.24. The molecule has 1 atom stereocenters. The molecule has 0 saturated heterocycles. The van der Waals surface area contributed by atoms with E-state index in [1.165, 1.54) is 4.90 Å². The standard InChI is InChI=1S/C32H40BrN3O4S/c1-23(2)26-15-17-28(18-16-26)36(41(6,39)40)22-30(37)35(21-25-13-10-14-27(33)19-25)29(31(38)34-32(3,4)5)20-24-11-8-7-9-12-24/h7-19,23,29H,20-22H2,1-6H3,(H,34,38)/t29-/m1/s1. The van der Waals surface area contributed by atoms with Crippen LogP contribution in [0.3, 0.4) is 0 Å². The Kier molecular flexibility index (Phi) is 10.8. The fraction of sp³-hybridized carbons (Fsp3) is 0.375. The number of rotatable bonds is 11. The molecule has 7 nitrogen and oxygen atoms in total. The lowest BCUT2D eigenvalue weighted by Gasteiger charge is -2.35. The van der Waals surface area contributed by atoms with Gasteiger partial charge in [0.1, 0.15) is 12.6 Å². The number of halogens is 1. The second-order valence-corrected chi connectivity index (χ2v) is 14.4. The molecule has 2 amide bonds. The van der Waals surface area contributed by atoms with Gasteiger partial charge in [0, 0.05) is 23.0 Å². The van der Waals surface area contributed by atoms with E-state index in [-0.39, 0.29) is 24.8 Å². The van der Waals surface area contributed by atoms with Gasteiger partial charge in [0.2, 0.25) is 21.8 Å². The Labute approximate surface area is 253 Å². The van der Waals surface area contributed by atoms with Crippen LogP contribution in [0.1, 0.15) is 57.2 Å². The molecule has 3 aromatic rings. The molecule has 220 valence electrons. The van der Waals surface area contributed by atoms with Crippen LogP contribution < -0.4 is 9.62 Å². The van der Waals surface area contributed by atoms with Crippen molar-refractivity contribution < 1.29 is 18.0 Å². The van der Waals surface area contributed by atoms with Gasteiger partial charge >= 0.3 is 0 Å². The van der Waals surface area contributed by atoms with Crippen LogP contribution in [0.2, 0.25) is 0 Å². The van der Waals surface area contributed by atoms with Gasteiger partial charge in [-0.1, -0.05) is 84.4 Å². The summed E-state index contributed by atoms with van der Waals surface area (Å²) in [6.45, 7) is 9.45. The summed E-state index contributed by atoms with van der Waals surface area (Å²) in [6.07, 6.45) is 1.35. The summed E-state index contributed by atoms with van der Waals surface area (Å²) >= 11 is 3.49. The number of hydrogen-bond acceptors (Lipinski definition) is 4. The molecule has 0 aliphatic rings. The van der Waals surface area contributed by atoms with E-state index in [2.05, 4.69) is 35.1 Å². The molecule has 9 heteroatoms. The van der Waals surface area contributed by atoms with E-state index in [0.717, 1.165) is 31.7 Å². The predicted octanol–water partition coefficient (Wildman–Crippen LogP) is 5.89. The Balaban J connectivity index is 2.06. The van der Waals surface area contributed by atoms with Crippen molar-refractivity contribution in [2.75, 3.05) is 17.1 Å². The van der Waals surface area contributed by atoms with Crippen LogP contribution >= 0.6 is 15.9 Å². The number of benzene rings is 3. The van der Waals surface area contributed by atoms with Crippen molar-refractivity contribution in [3.05, 3.63) is 100 Å². The average molecular weight is 643 g/mol. The Morgan fingerprint density at radius 2 is 1.51 bits per heavy atom. The van der Waals surface area contributed by atoms with Crippen molar-refractivity contribution in [1.82, 2.24) is 10.2 Å². The van der Waals surface area contributed by atoms with Gasteiger partial charge in [-0.3, -0.25) is 13.9 Å². The van der Waals surface area contributed by atoms with Crippen LogP contribution in [-0.4, -0.2) is 49.5 Å². The number of nitrogens with zero attached hydrogens (tertiary/aromatic N) is 2. The Hall–Kier alpha value is -3.17. The van der Waals surface area contributed by atoms with Crippen molar-refractivity contribution in [3.63, 3.8) is 0 Å². The monoisotopic (exact) mass is 641 g/mol. The number of carbonyl (C=O) groups is 2. The van der Waals surface area contributed by atoms with E-state index in [4.69, 9.17) is 0 Å². The zero-order valence-electron chi connectivity index (χ0n) is 24.6. The predicted molar refractivity (Wildman–Crippen MR) is 169 cm³/mol. The number of amides is 2. The van der Waals surface area contributed by atoms with Crippen LogP contribution in [-0.2, 0) is 32.6 Å². The summed E-state index contributed by atoms with van der Waals surface area (Å²) in [7, 11) is -3.82. The minimum atomic E-state index is -3.82. The minimum absolute atomic E-state index is 0.122. The molecule has 0 fully saturated rings. The molecule has 0 bridgehead atoms. The molecule has 0 aliphatic heterocycles. The fourth-order valence-electron chi connectivity index (χ4n) is 4.48. The highest BCUT2D eigenvalue weighted by molar-refractivity contribution is 9.10. The van der Waals surface area contributed by atoms with Gasteiger partial charge < -0.3 is 10.2 Å². The van der Waals surface area contributed by atoms with Crippen LogP contribution in [0, 0.1) is 0 Å². The van der Waals surface area contributed by atoms with Gasteiger partial charge in [-0.05, 0) is 67.6 Å². The second kappa shape index (κ2) is 13.7. The van der Waals surface area contributed by atoms with E-state index >= 15 is 0 Å². The summed E-state index contributed by atoms with van der Waals surface area (Å²) in [5.41, 5.74) is 2.62. The summed E-state index contributed by atoms with van der Waals surface area (Å²) in [6, 6.07) is 23.3. The molecule has 0 spiro atoms. The summed E-state index contributed by atoms with van der Waals surface area (Å²) in [4.78, 5) is 29.4. The van der Waals surface area contributed by atoms with E-state index in [1.54, 1.807) is 12.1 Å². The summed E-state index contributed by atoms with van der Waals surface area (Å²) < 4.78 is 27.9. The normalized spacial score (nSPS) is 12.6. The lowest BCUT2D eigenvalue weighted by Crippen LogP contribution is -2.56. The third-order valence-electron chi connectivity index (χ3n) is 6.54. The lowest BCUT2D eigenvalue weighted by atomic mass is 10.0. The molecule has 0 aliphatic carbocycles. The SMILES string of the molecule is CC(C)c1ccc(N(CC(=O)N(Cc2cccc(Br)c2)[C@H](Cc2ccccc2)C(=O)NC(C)(C)C)S(C)(=O)=O)cc1. The van der Waals surface area contributed by atoms with Crippen LogP contribution in [0.5, 0.6) is 0 Å². The lowest BCUT2D eigenvalue weighted by molar-refractivity contribution is -0.140. The Morgan fingerprint density at radius 3 is 2.05 bits per heavy atom. The number of anilines is 1. The highest BCUT2D eigenvalue weighted by Gasteiger charge is 2.34. The first kappa shape index (κ1) is 32.3. The maximum absolute atomic E-state index is 14.2. The molecule has 0 aromatic heterocycles. The molecule has 3 rings (SSSR count). The maximum atomic E-state index is 14.2. The number of carbonyl (C=O) groups excluding carboxylic acids is 2. The minimum Gasteiger partial charge on any atom is -0.350 e. The highest BCUT2D eigenvalue weighted by atomic mass is 79.9. The molecule has 0 radical (unpaired) electrons. The number of sulfonamides is 1. The molecular formula is C32H40BrN3O4S. The van der Waals surface area contributed by atoms with E-state index in [1.807, 2.05) is 87.5 Å². The van der Waals surface area contributed by atoms with Gasteiger partial charge in [-0.25, -0.2) is 8.42 Å². The summed E-state index contributed by atoms with van der Waals surface area (Å²) in [5.74, 6) is -0.511. The van der Waals surface area contributed by atoms with Crippen molar-refractivity contribution in [1.29, 1.82) is 0 Å². The zero-order chi connectivity index (χ0) is 30.4. The van der Waals surface area contributed by atoms with Crippen molar-refractivity contribution in [3.8, 4) is 0 Å². The topological polar surface area (TPSA) is 86.8 Å². The molecule has 41 heavy (non-hydrogen) atoms. The zero-order valence-corrected chi connectivity index (χ0v) is 27.0. The van der Waals surface area contributed by atoms with Crippen LogP contribution in [0.25, 0.3) is 0 Å². The van der Waals surface area contributed by atoms with E-state index in [0.29, 0.717) is 5.69 Å². The molecule has 0 saturated carbocycles. The van der Waals surface area contributed by atoms with Crippen LogP contribution in [0.15, 0.2) is 83.3 Å². The van der Waals surface area contributed by atoms with Gasteiger partial charge in [0.25, 0.3) is 0 Å². The van der Waals surface area contributed by atoms with Gasteiger partial charge in [0.15, 0.2) is 0 Å². The van der Waals surface area contributed by atoms with Gasteiger partial charge in [0.05, 0.1) is 11.9 Å². The van der Waals surface area contributed by atoms with Gasteiger partial charge in [-0.2, -0.15) is 0 Å². The largest absolute Gasteiger partial charge is 0.350 e. The molecule has 0 unspecified atom stereocenters. The smallest absolute Gasteiger partial charge is 0.244 e. The van der Waals surface area contributed by atoms with E-state index in [9.17, 15) is 18.0 Å². The first-order valence-electron chi connectivity index (χ1n) is 13.6. The maximum Gasteiger partial charge on any atom is 0.244 e. The quantitative estimate of drug-likeness (QED) is 0.283. The third kappa shape index (κ3) is 9.71. The van der Waals surface area contributed by atoms with Crippen molar-refractivity contribution in [2.24, 2.45) is 0 Å². The first-order valence-corrected chi connectivity index (χ1v) is 16.3. The fourth-order valence-corrected chi connectivity index (χ4v) is 5.77. The molecule has 3 aromatic carbocycles. The van der Waals surface area contributed by atoms with Crippen LogP contribution in [0.4, 0.5) is 5.69 Å². The van der Waals surface area contributed by atoms with Crippen molar-refractivity contribution in [2.45, 2.75) is 65.1 Å². The van der Waals surface area contributed by atoms with Gasteiger partial charge in [-0.15, -0.1) is 0 Å². The first-order chi connectivity index (χ1) is 19.1. The second-order valence-electron chi connectivity index (χ2n) is 11.6.